The summed E-state index contributed by atoms with van der Waals surface area (Å²) in [4.78, 5) is 16.7. The van der Waals surface area contributed by atoms with Crippen molar-refractivity contribution in [2.75, 3.05) is 6.54 Å². The van der Waals surface area contributed by atoms with Crippen LogP contribution in [0.25, 0.3) is 0 Å². The lowest BCUT2D eigenvalue weighted by atomic mass is 9.91. The number of nitrogens with one attached hydrogen (secondary N) is 1. The van der Waals surface area contributed by atoms with Crippen LogP contribution in [0.2, 0.25) is 0 Å². The normalized spacial score (nSPS) is 11.3. The smallest absolute Gasteiger partial charge is 0.254 e. The maximum atomic E-state index is 13.4. The molecule has 0 fully saturated rings. The molecule has 2 aromatic rings. The van der Waals surface area contributed by atoms with Crippen LogP contribution in [0.5, 0.6) is 0 Å². The summed E-state index contributed by atoms with van der Waals surface area (Å²) in [6.07, 6.45) is 2.45. The SMILES string of the molecule is CC(C)(CNC(=O)c1ccncc1F)c1cccs1. The van der Waals surface area contributed by atoms with E-state index < -0.39 is 11.7 Å². The molecule has 0 aliphatic heterocycles. The lowest BCUT2D eigenvalue weighted by molar-refractivity contribution is 0.0941. The van der Waals surface area contributed by atoms with Crippen molar-refractivity contribution >= 4 is 17.2 Å². The Morgan fingerprint density at radius 3 is 2.89 bits per heavy atom. The van der Waals surface area contributed by atoms with E-state index in [1.807, 2.05) is 31.4 Å². The van der Waals surface area contributed by atoms with Gasteiger partial charge in [0.1, 0.15) is 0 Å². The second kappa shape index (κ2) is 5.48. The quantitative estimate of drug-likeness (QED) is 0.934. The fraction of sp³-hybridized carbons (Fsp3) is 0.286. The van der Waals surface area contributed by atoms with Crippen molar-refractivity contribution in [1.82, 2.24) is 10.3 Å². The number of pyridine rings is 1. The van der Waals surface area contributed by atoms with E-state index in [9.17, 15) is 9.18 Å². The van der Waals surface area contributed by atoms with E-state index in [-0.39, 0.29) is 11.0 Å². The molecule has 0 aliphatic rings. The molecule has 0 radical (unpaired) electrons. The third-order valence-electron chi connectivity index (χ3n) is 2.90. The molecule has 100 valence electrons. The summed E-state index contributed by atoms with van der Waals surface area (Å²) in [5.41, 5.74) is -0.148. The molecule has 0 spiro atoms. The third kappa shape index (κ3) is 3.17. The van der Waals surface area contributed by atoms with Crippen molar-refractivity contribution < 1.29 is 9.18 Å². The average Bonchev–Trinajstić information content (AvgIpc) is 2.91. The number of nitrogens with zero attached hydrogens (tertiary/aromatic N) is 1. The minimum absolute atomic E-state index is 0.0250. The van der Waals surface area contributed by atoms with Crippen LogP contribution < -0.4 is 5.32 Å². The van der Waals surface area contributed by atoms with Crippen LogP contribution in [-0.2, 0) is 5.41 Å². The third-order valence-corrected chi connectivity index (χ3v) is 4.13. The van der Waals surface area contributed by atoms with Gasteiger partial charge in [-0.1, -0.05) is 19.9 Å². The number of rotatable bonds is 4. The molecular formula is C14H15FN2OS. The molecule has 3 nitrogen and oxygen atoms in total. The van der Waals surface area contributed by atoms with Crippen molar-refractivity contribution in [2.45, 2.75) is 19.3 Å². The van der Waals surface area contributed by atoms with Crippen molar-refractivity contribution in [3.05, 3.63) is 52.2 Å². The van der Waals surface area contributed by atoms with E-state index in [1.54, 1.807) is 11.3 Å². The Hall–Kier alpha value is -1.75. The van der Waals surface area contributed by atoms with Crippen LogP contribution in [0.4, 0.5) is 4.39 Å². The van der Waals surface area contributed by atoms with E-state index in [0.717, 1.165) is 6.20 Å². The maximum absolute atomic E-state index is 13.4. The summed E-state index contributed by atoms with van der Waals surface area (Å²) in [5.74, 6) is -1.02. The number of hydrogen-bond donors (Lipinski definition) is 1. The molecule has 0 saturated heterocycles. The summed E-state index contributed by atoms with van der Waals surface area (Å²) in [7, 11) is 0. The number of thiophene rings is 1. The lowest BCUT2D eigenvalue weighted by Gasteiger charge is -2.23. The number of aromatic nitrogens is 1. The highest BCUT2D eigenvalue weighted by Gasteiger charge is 2.23. The Morgan fingerprint density at radius 1 is 1.47 bits per heavy atom. The van der Waals surface area contributed by atoms with Crippen LogP contribution >= 0.6 is 11.3 Å². The molecular weight excluding hydrogens is 263 g/mol. The van der Waals surface area contributed by atoms with Crippen LogP contribution in [-0.4, -0.2) is 17.4 Å². The number of halogens is 1. The van der Waals surface area contributed by atoms with Gasteiger partial charge < -0.3 is 5.32 Å². The Labute approximate surface area is 115 Å². The van der Waals surface area contributed by atoms with Crippen LogP contribution in [0.3, 0.4) is 0 Å². The minimum Gasteiger partial charge on any atom is -0.351 e. The first kappa shape index (κ1) is 13.7. The number of hydrogen-bond acceptors (Lipinski definition) is 3. The molecule has 2 heterocycles. The number of carbonyl (C=O) groups is 1. The minimum atomic E-state index is -0.603. The fourth-order valence-electron chi connectivity index (χ4n) is 1.71. The molecule has 0 aromatic carbocycles. The summed E-state index contributed by atoms with van der Waals surface area (Å²) < 4.78 is 13.4. The Kier molecular flexibility index (Phi) is 3.95. The molecule has 1 amide bonds. The first-order valence-electron chi connectivity index (χ1n) is 5.92. The van der Waals surface area contributed by atoms with Gasteiger partial charge in [-0.25, -0.2) is 4.39 Å². The Balaban J connectivity index is 2.03. The predicted molar refractivity (Wildman–Crippen MR) is 73.9 cm³/mol. The summed E-state index contributed by atoms with van der Waals surface area (Å²) in [6, 6.07) is 5.39. The van der Waals surface area contributed by atoms with Crippen molar-refractivity contribution in [2.24, 2.45) is 0 Å². The molecule has 0 unspecified atom stereocenters. The number of amides is 1. The van der Waals surface area contributed by atoms with Crippen LogP contribution in [0.15, 0.2) is 36.0 Å². The van der Waals surface area contributed by atoms with E-state index in [2.05, 4.69) is 10.3 Å². The first-order chi connectivity index (χ1) is 9.00. The van der Waals surface area contributed by atoms with Gasteiger partial charge in [-0.3, -0.25) is 9.78 Å². The number of carbonyl (C=O) groups excluding carboxylic acids is 1. The Morgan fingerprint density at radius 2 is 2.26 bits per heavy atom. The highest BCUT2D eigenvalue weighted by atomic mass is 32.1. The largest absolute Gasteiger partial charge is 0.351 e. The highest BCUT2D eigenvalue weighted by molar-refractivity contribution is 7.10. The van der Waals surface area contributed by atoms with Gasteiger partial charge >= 0.3 is 0 Å². The van der Waals surface area contributed by atoms with Crippen LogP contribution in [0, 0.1) is 5.82 Å². The summed E-state index contributed by atoms with van der Waals surface area (Å²) in [6.45, 7) is 4.54. The molecule has 19 heavy (non-hydrogen) atoms. The maximum Gasteiger partial charge on any atom is 0.254 e. The van der Waals surface area contributed by atoms with Gasteiger partial charge in [0.15, 0.2) is 5.82 Å². The van der Waals surface area contributed by atoms with Gasteiger partial charge in [0.25, 0.3) is 5.91 Å². The van der Waals surface area contributed by atoms with Gasteiger partial charge in [0, 0.05) is 23.0 Å². The standard InChI is InChI=1S/C14H15FN2OS/c1-14(2,12-4-3-7-19-12)9-17-13(18)10-5-6-16-8-11(10)15/h3-8H,9H2,1-2H3,(H,17,18). The first-order valence-corrected chi connectivity index (χ1v) is 6.80. The molecule has 0 aliphatic carbocycles. The monoisotopic (exact) mass is 278 g/mol. The zero-order chi connectivity index (χ0) is 13.9. The van der Waals surface area contributed by atoms with E-state index in [0.29, 0.717) is 6.54 Å². The van der Waals surface area contributed by atoms with Crippen molar-refractivity contribution in [3.63, 3.8) is 0 Å². The molecule has 5 heteroatoms. The van der Waals surface area contributed by atoms with Gasteiger partial charge in [-0.15, -0.1) is 11.3 Å². The molecule has 0 saturated carbocycles. The second-order valence-electron chi connectivity index (χ2n) is 4.90. The van der Waals surface area contributed by atoms with Crippen molar-refractivity contribution in [1.29, 1.82) is 0 Å². The molecule has 2 rings (SSSR count). The topological polar surface area (TPSA) is 42.0 Å². The molecule has 0 atom stereocenters. The van der Waals surface area contributed by atoms with Gasteiger partial charge in [-0.05, 0) is 17.5 Å². The molecule has 0 bridgehead atoms. The lowest BCUT2D eigenvalue weighted by Crippen LogP contribution is -2.36. The fourth-order valence-corrected chi connectivity index (χ4v) is 2.56. The summed E-state index contributed by atoms with van der Waals surface area (Å²) in [5, 5.41) is 4.77. The average molecular weight is 278 g/mol. The van der Waals surface area contributed by atoms with E-state index in [4.69, 9.17) is 0 Å². The molecule has 2 aromatic heterocycles. The van der Waals surface area contributed by atoms with Gasteiger partial charge in [0.2, 0.25) is 0 Å². The van der Waals surface area contributed by atoms with Crippen molar-refractivity contribution in [3.8, 4) is 0 Å². The van der Waals surface area contributed by atoms with Gasteiger partial charge in [-0.2, -0.15) is 0 Å². The van der Waals surface area contributed by atoms with E-state index in [1.165, 1.54) is 17.1 Å². The predicted octanol–water partition coefficient (Wildman–Crippen LogP) is 2.99. The molecule has 1 N–H and O–H groups in total. The zero-order valence-corrected chi connectivity index (χ0v) is 11.6. The van der Waals surface area contributed by atoms with Crippen LogP contribution in [0.1, 0.15) is 29.1 Å². The summed E-state index contributed by atoms with van der Waals surface area (Å²) >= 11 is 1.65. The highest BCUT2D eigenvalue weighted by Crippen LogP contribution is 2.26. The zero-order valence-electron chi connectivity index (χ0n) is 10.8. The van der Waals surface area contributed by atoms with E-state index >= 15 is 0 Å². The Bertz CT molecular complexity index is 567. The van der Waals surface area contributed by atoms with Gasteiger partial charge in [0.05, 0.1) is 11.8 Å². The second-order valence-corrected chi connectivity index (χ2v) is 5.85.